The number of nitrogens with one attached hydrogen (secondary N) is 1. The number of fused-ring (bicyclic) bond motifs is 2. The highest BCUT2D eigenvalue weighted by atomic mass is 32.2. The highest BCUT2D eigenvalue weighted by molar-refractivity contribution is 8.00. The van der Waals surface area contributed by atoms with Gasteiger partial charge in [0.1, 0.15) is 0 Å². The zero-order valence-electron chi connectivity index (χ0n) is 17.0. The van der Waals surface area contributed by atoms with E-state index < -0.39 is 5.60 Å². The minimum absolute atomic E-state index is 0.185. The second-order valence-electron chi connectivity index (χ2n) is 10.5. The van der Waals surface area contributed by atoms with Crippen LogP contribution >= 0.6 is 11.8 Å². The van der Waals surface area contributed by atoms with Crippen molar-refractivity contribution < 1.29 is 9.90 Å². The van der Waals surface area contributed by atoms with Gasteiger partial charge < -0.3 is 15.3 Å². The van der Waals surface area contributed by atoms with Crippen molar-refractivity contribution in [2.24, 2.45) is 17.8 Å². The molecular formula is C24H32N2O2S. The van der Waals surface area contributed by atoms with Gasteiger partial charge in [-0.05, 0) is 87.7 Å². The molecule has 4 aliphatic carbocycles. The van der Waals surface area contributed by atoms with Crippen molar-refractivity contribution >= 4 is 17.8 Å². The van der Waals surface area contributed by atoms with E-state index >= 15 is 0 Å². The van der Waals surface area contributed by atoms with E-state index in [0.29, 0.717) is 35.1 Å². The molecule has 2 heterocycles. The predicted octanol–water partition coefficient (Wildman–Crippen LogP) is 4.42. The highest BCUT2D eigenvalue weighted by Crippen LogP contribution is 2.55. The van der Waals surface area contributed by atoms with Crippen LogP contribution in [-0.4, -0.2) is 45.0 Å². The smallest absolute Gasteiger partial charge is 0.318 e. The molecule has 2 saturated heterocycles. The molecule has 0 aromatic heterocycles. The Morgan fingerprint density at radius 3 is 2.28 bits per heavy atom. The van der Waals surface area contributed by atoms with Gasteiger partial charge in [-0.15, -0.1) is 11.8 Å². The van der Waals surface area contributed by atoms with E-state index in [0.717, 1.165) is 44.9 Å². The lowest BCUT2D eigenvalue weighted by Crippen LogP contribution is -2.63. The lowest BCUT2D eigenvalue weighted by Gasteiger charge is -2.58. The van der Waals surface area contributed by atoms with Crippen LogP contribution in [-0.2, 0) is 0 Å². The van der Waals surface area contributed by atoms with E-state index in [1.54, 1.807) is 0 Å². The van der Waals surface area contributed by atoms with E-state index in [1.807, 2.05) is 11.8 Å². The topological polar surface area (TPSA) is 52.6 Å². The molecule has 4 saturated carbocycles. The third kappa shape index (κ3) is 3.29. The number of hydrogen-bond donors (Lipinski definition) is 2. The largest absolute Gasteiger partial charge is 0.390 e. The molecule has 4 nitrogen and oxygen atoms in total. The first-order valence-corrected chi connectivity index (χ1v) is 12.5. The Kier molecular flexibility index (Phi) is 4.42. The number of amides is 2. The summed E-state index contributed by atoms with van der Waals surface area (Å²) in [5.74, 6) is 1.66. The Bertz CT molecular complexity index is 756. The predicted molar refractivity (Wildman–Crippen MR) is 115 cm³/mol. The van der Waals surface area contributed by atoms with Gasteiger partial charge in [-0.1, -0.05) is 18.2 Å². The fraction of sp³-hybridized carbons (Fsp3) is 0.708. The minimum atomic E-state index is -0.427. The Balaban J connectivity index is 1.11. The molecule has 1 aromatic rings. The molecule has 6 aliphatic rings. The summed E-state index contributed by atoms with van der Waals surface area (Å²) in [7, 11) is 0. The number of rotatable bonds is 3. The molecule has 3 unspecified atom stereocenters. The molecule has 2 aliphatic heterocycles. The molecule has 2 amide bonds. The summed E-state index contributed by atoms with van der Waals surface area (Å²) in [5, 5.41) is 14.9. The number of benzene rings is 1. The number of piperidine rings is 1. The third-order valence-electron chi connectivity index (χ3n) is 8.50. The van der Waals surface area contributed by atoms with E-state index in [1.165, 1.54) is 17.7 Å². The van der Waals surface area contributed by atoms with Crippen molar-refractivity contribution in [2.45, 2.75) is 91.7 Å². The van der Waals surface area contributed by atoms with Crippen molar-refractivity contribution in [1.82, 2.24) is 10.2 Å². The Morgan fingerprint density at radius 2 is 1.66 bits per heavy atom. The molecule has 1 aromatic carbocycles. The fourth-order valence-electron chi connectivity index (χ4n) is 7.68. The molecule has 0 spiro atoms. The zero-order chi connectivity index (χ0) is 19.6. The summed E-state index contributed by atoms with van der Waals surface area (Å²) in [6.07, 6.45) is 9.73. The SMILES string of the molecule is O=C(NC1C2CC3CC1CC(O)(C3)C2)N1[C@@H]2CC[C@H]1CC(Sc1ccccc1)C2. The second kappa shape index (κ2) is 6.91. The van der Waals surface area contributed by atoms with Crippen LogP contribution in [0.15, 0.2) is 35.2 Å². The average molecular weight is 413 g/mol. The summed E-state index contributed by atoms with van der Waals surface area (Å²) in [4.78, 5) is 16.9. The van der Waals surface area contributed by atoms with Crippen LogP contribution in [0, 0.1) is 17.8 Å². The Hall–Kier alpha value is -1.20. The van der Waals surface area contributed by atoms with Crippen LogP contribution in [0.1, 0.15) is 57.8 Å². The van der Waals surface area contributed by atoms with Crippen molar-refractivity contribution in [2.75, 3.05) is 0 Å². The number of thioether (sulfide) groups is 1. The highest BCUT2D eigenvalue weighted by Gasteiger charge is 2.55. The average Bonchev–Trinajstić information content (AvgIpc) is 2.95. The van der Waals surface area contributed by atoms with Crippen LogP contribution in [0.3, 0.4) is 0 Å². The van der Waals surface area contributed by atoms with Gasteiger partial charge in [-0.25, -0.2) is 4.79 Å². The molecule has 5 atom stereocenters. The summed E-state index contributed by atoms with van der Waals surface area (Å²) in [6.45, 7) is 0. The van der Waals surface area contributed by atoms with Gasteiger partial charge in [0.15, 0.2) is 0 Å². The maximum Gasteiger partial charge on any atom is 0.318 e. The molecule has 29 heavy (non-hydrogen) atoms. The molecule has 5 heteroatoms. The van der Waals surface area contributed by atoms with E-state index in [-0.39, 0.29) is 12.1 Å². The van der Waals surface area contributed by atoms with Crippen LogP contribution < -0.4 is 5.32 Å². The summed E-state index contributed by atoms with van der Waals surface area (Å²) >= 11 is 1.99. The summed E-state index contributed by atoms with van der Waals surface area (Å²) in [6, 6.07) is 12.0. The van der Waals surface area contributed by atoms with Gasteiger partial charge in [-0.3, -0.25) is 0 Å². The number of hydrogen-bond acceptors (Lipinski definition) is 3. The monoisotopic (exact) mass is 412 g/mol. The Labute approximate surface area is 177 Å². The molecule has 156 valence electrons. The van der Waals surface area contributed by atoms with E-state index in [4.69, 9.17) is 0 Å². The number of carbonyl (C=O) groups is 1. The molecule has 0 radical (unpaired) electrons. The van der Waals surface area contributed by atoms with Crippen molar-refractivity contribution in [3.63, 3.8) is 0 Å². The maximum absolute atomic E-state index is 13.3. The second-order valence-corrected chi connectivity index (χ2v) is 11.9. The van der Waals surface area contributed by atoms with Crippen LogP contribution in [0.5, 0.6) is 0 Å². The molecule has 6 fully saturated rings. The van der Waals surface area contributed by atoms with Crippen molar-refractivity contribution in [3.8, 4) is 0 Å². The number of nitrogens with zero attached hydrogens (tertiary/aromatic N) is 1. The lowest BCUT2D eigenvalue weighted by atomic mass is 9.52. The van der Waals surface area contributed by atoms with Crippen LogP contribution in [0.25, 0.3) is 0 Å². The molecule has 2 N–H and O–H groups in total. The first-order chi connectivity index (χ1) is 14.1. The normalized spacial score (nSPS) is 44.9. The summed E-state index contributed by atoms with van der Waals surface area (Å²) < 4.78 is 0. The van der Waals surface area contributed by atoms with Crippen LogP contribution in [0.2, 0.25) is 0 Å². The molecule has 7 rings (SSSR count). The van der Waals surface area contributed by atoms with Crippen molar-refractivity contribution in [1.29, 1.82) is 0 Å². The lowest BCUT2D eigenvalue weighted by molar-refractivity contribution is -0.137. The standard InChI is InChI=1S/C24H32N2O2S/c27-23(25-22-16-8-15-9-17(22)14-24(28,12-15)13-16)26-18-6-7-19(26)11-21(10-18)29-20-4-2-1-3-5-20/h1-5,15-19,21-22,28H,6-14H2,(H,25,27)/t15?,16?,17?,18-,19+,21?,22?,24?. The third-order valence-corrected chi connectivity index (χ3v) is 9.76. The number of carbonyl (C=O) groups excluding carboxylic acids is 1. The van der Waals surface area contributed by atoms with Gasteiger partial charge in [0.05, 0.1) is 5.60 Å². The minimum Gasteiger partial charge on any atom is -0.390 e. The first-order valence-electron chi connectivity index (χ1n) is 11.6. The molecule has 6 bridgehead atoms. The van der Waals surface area contributed by atoms with Gasteiger partial charge in [0, 0.05) is 28.3 Å². The fourth-order valence-corrected chi connectivity index (χ4v) is 9.02. The quantitative estimate of drug-likeness (QED) is 0.773. The first kappa shape index (κ1) is 18.6. The van der Waals surface area contributed by atoms with Crippen LogP contribution in [0.4, 0.5) is 4.79 Å². The van der Waals surface area contributed by atoms with Gasteiger partial charge in [0.2, 0.25) is 0 Å². The van der Waals surface area contributed by atoms with Gasteiger partial charge in [-0.2, -0.15) is 0 Å². The van der Waals surface area contributed by atoms with Gasteiger partial charge in [0.25, 0.3) is 0 Å². The summed E-state index contributed by atoms with van der Waals surface area (Å²) in [5.41, 5.74) is -0.427. The van der Waals surface area contributed by atoms with E-state index in [2.05, 4.69) is 40.5 Å². The van der Waals surface area contributed by atoms with Gasteiger partial charge >= 0.3 is 6.03 Å². The van der Waals surface area contributed by atoms with Crippen molar-refractivity contribution in [3.05, 3.63) is 30.3 Å². The number of aliphatic hydroxyl groups is 1. The Morgan fingerprint density at radius 1 is 1.00 bits per heavy atom. The maximum atomic E-state index is 13.3. The van der Waals surface area contributed by atoms with E-state index in [9.17, 15) is 9.90 Å². The molecular weight excluding hydrogens is 380 g/mol. The zero-order valence-corrected chi connectivity index (χ0v) is 17.8. The number of urea groups is 1.